The van der Waals surface area contributed by atoms with Crippen molar-refractivity contribution in [1.82, 2.24) is 4.98 Å². The first kappa shape index (κ1) is 11.6. The Bertz CT molecular complexity index is 568. The maximum atomic E-state index is 11.7. The molecule has 0 bridgehead atoms. The van der Waals surface area contributed by atoms with E-state index in [1.165, 1.54) is 13.8 Å². The molecule has 1 heterocycles. The SMILES string of the molecule is CC(=O)C[C@H](C(C)=O)c1c[nH]c2ccccc12. The molecule has 1 aromatic carbocycles. The van der Waals surface area contributed by atoms with Crippen molar-refractivity contribution in [2.24, 2.45) is 0 Å². The van der Waals surface area contributed by atoms with E-state index in [9.17, 15) is 9.59 Å². The molecule has 0 amide bonds. The van der Waals surface area contributed by atoms with Gasteiger partial charge in [0.15, 0.2) is 0 Å². The maximum Gasteiger partial charge on any atom is 0.137 e. The molecule has 1 atom stereocenters. The van der Waals surface area contributed by atoms with Crippen molar-refractivity contribution in [2.75, 3.05) is 0 Å². The lowest BCUT2D eigenvalue weighted by Gasteiger charge is -2.10. The van der Waals surface area contributed by atoms with Crippen LogP contribution in [0, 0.1) is 0 Å². The van der Waals surface area contributed by atoms with E-state index < -0.39 is 0 Å². The van der Waals surface area contributed by atoms with Gasteiger partial charge in [-0.2, -0.15) is 0 Å². The fourth-order valence-electron chi connectivity index (χ4n) is 2.14. The van der Waals surface area contributed by atoms with Crippen molar-refractivity contribution >= 4 is 22.5 Å². The van der Waals surface area contributed by atoms with Crippen molar-refractivity contribution < 1.29 is 9.59 Å². The van der Waals surface area contributed by atoms with Gasteiger partial charge in [0.05, 0.1) is 5.92 Å². The lowest BCUT2D eigenvalue weighted by Crippen LogP contribution is -2.12. The number of Topliss-reactive ketones (excluding diaryl/α,β-unsaturated/α-hetero) is 2. The fraction of sp³-hybridized carbons (Fsp3) is 0.286. The zero-order valence-corrected chi connectivity index (χ0v) is 9.99. The normalized spacial score (nSPS) is 12.6. The molecule has 17 heavy (non-hydrogen) atoms. The van der Waals surface area contributed by atoms with Gasteiger partial charge in [-0.15, -0.1) is 0 Å². The summed E-state index contributed by atoms with van der Waals surface area (Å²) >= 11 is 0. The second-order valence-electron chi connectivity index (χ2n) is 4.36. The predicted octanol–water partition coefficient (Wildman–Crippen LogP) is 2.82. The fourth-order valence-corrected chi connectivity index (χ4v) is 2.14. The number of fused-ring (bicyclic) bond motifs is 1. The van der Waals surface area contributed by atoms with Gasteiger partial charge in [-0.3, -0.25) is 9.59 Å². The number of nitrogens with one attached hydrogen (secondary N) is 1. The Morgan fingerprint density at radius 2 is 1.94 bits per heavy atom. The molecule has 0 aliphatic carbocycles. The maximum absolute atomic E-state index is 11.7. The molecule has 88 valence electrons. The molecule has 2 rings (SSSR count). The largest absolute Gasteiger partial charge is 0.361 e. The minimum atomic E-state index is -0.330. The number of ketones is 2. The number of H-pyrrole nitrogens is 1. The van der Waals surface area contributed by atoms with Crippen LogP contribution in [0.2, 0.25) is 0 Å². The van der Waals surface area contributed by atoms with Gasteiger partial charge in [-0.05, 0) is 25.5 Å². The highest BCUT2D eigenvalue weighted by atomic mass is 16.1. The van der Waals surface area contributed by atoms with Crippen LogP contribution in [0.4, 0.5) is 0 Å². The third-order valence-corrected chi connectivity index (χ3v) is 2.98. The summed E-state index contributed by atoms with van der Waals surface area (Å²) in [5, 5.41) is 1.02. The smallest absolute Gasteiger partial charge is 0.137 e. The number of aromatic amines is 1. The lowest BCUT2D eigenvalue weighted by atomic mass is 9.90. The Balaban J connectivity index is 2.48. The van der Waals surface area contributed by atoms with Crippen LogP contribution in [0.15, 0.2) is 30.5 Å². The first-order chi connectivity index (χ1) is 8.09. The third-order valence-electron chi connectivity index (χ3n) is 2.98. The van der Waals surface area contributed by atoms with E-state index in [0.29, 0.717) is 0 Å². The number of para-hydroxylation sites is 1. The summed E-state index contributed by atoms with van der Waals surface area (Å²) in [6.07, 6.45) is 2.11. The monoisotopic (exact) mass is 229 g/mol. The highest BCUT2D eigenvalue weighted by Crippen LogP contribution is 2.28. The predicted molar refractivity (Wildman–Crippen MR) is 67.0 cm³/mol. The summed E-state index contributed by atoms with van der Waals surface area (Å²) in [5.41, 5.74) is 1.92. The second-order valence-corrected chi connectivity index (χ2v) is 4.36. The minimum absolute atomic E-state index is 0.0324. The van der Waals surface area contributed by atoms with Crippen LogP contribution in [0.25, 0.3) is 10.9 Å². The first-order valence-corrected chi connectivity index (χ1v) is 5.65. The Labute approximate surface area is 99.8 Å². The van der Waals surface area contributed by atoms with E-state index in [0.717, 1.165) is 16.5 Å². The molecular weight excluding hydrogens is 214 g/mol. The zero-order valence-electron chi connectivity index (χ0n) is 9.99. The first-order valence-electron chi connectivity index (χ1n) is 5.65. The quantitative estimate of drug-likeness (QED) is 0.876. The van der Waals surface area contributed by atoms with Gasteiger partial charge < -0.3 is 4.98 Å². The number of rotatable bonds is 4. The van der Waals surface area contributed by atoms with Crippen LogP contribution in [0.5, 0.6) is 0 Å². The summed E-state index contributed by atoms with van der Waals surface area (Å²) in [6.45, 7) is 3.06. The molecule has 0 aliphatic heterocycles. The Morgan fingerprint density at radius 1 is 1.24 bits per heavy atom. The van der Waals surface area contributed by atoms with Crippen molar-refractivity contribution in [3.05, 3.63) is 36.0 Å². The molecular formula is C14H15NO2. The number of hydrogen-bond donors (Lipinski definition) is 1. The van der Waals surface area contributed by atoms with Crippen molar-refractivity contribution in [2.45, 2.75) is 26.2 Å². The minimum Gasteiger partial charge on any atom is -0.361 e. The van der Waals surface area contributed by atoms with Gasteiger partial charge in [0, 0.05) is 23.5 Å². The molecule has 3 nitrogen and oxygen atoms in total. The average Bonchev–Trinajstić information content (AvgIpc) is 2.69. The van der Waals surface area contributed by atoms with Gasteiger partial charge in [0.25, 0.3) is 0 Å². The van der Waals surface area contributed by atoms with Crippen LogP contribution < -0.4 is 0 Å². The van der Waals surface area contributed by atoms with Gasteiger partial charge in [-0.1, -0.05) is 18.2 Å². The molecule has 0 fully saturated rings. The molecule has 0 saturated heterocycles. The van der Waals surface area contributed by atoms with E-state index in [4.69, 9.17) is 0 Å². The Morgan fingerprint density at radius 3 is 2.59 bits per heavy atom. The van der Waals surface area contributed by atoms with Crippen molar-refractivity contribution in [3.8, 4) is 0 Å². The summed E-state index contributed by atoms with van der Waals surface area (Å²) in [4.78, 5) is 26.0. The number of carbonyl (C=O) groups excluding carboxylic acids is 2. The van der Waals surface area contributed by atoms with Gasteiger partial charge >= 0.3 is 0 Å². The van der Waals surface area contributed by atoms with E-state index in [1.54, 1.807) is 0 Å². The van der Waals surface area contributed by atoms with Gasteiger partial charge in [0.1, 0.15) is 11.6 Å². The van der Waals surface area contributed by atoms with Crippen LogP contribution in [0.1, 0.15) is 31.7 Å². The second kappa shape index (κ2) is 4.53. The van der Waals surface area contributed by atoms with Crippen molar-refractivity contribution in [3.63, 3.8) is 0 Å². The van der Waals surface area contributed by atoms with Crippen LogP contribution in [-0.4, -0.2) is 16.6 Å². The lowest BCUT2D eigenvalue weighted by molar-refractivity contribution is -0.123. The number of aromatic nitrogens is 1. The molecule has 3 heteroatoms. The number of carbonyl (C=O) groups is 2. The van der Waals surface area contributed by atoms with Crippen LogP contribution in [0.3, 0.4) is 0 Å². The summed E-state index contributed by atoms with van der Waals surface area (Å²) in [7, 11) is 0. The standard InChI is InChI=1S/C14H15NO2/c1-9(16)7-12(10(2)17)13-8-15-14-6-4-3-5-11(13)14/h3-6,8,12,15H,7H2,1-2H3/t12-/m1/s1. The Kier molecular flexibility index (Phi) is 3.09. The molecule has 0 radical (unpaired) electrons. The molecule has 0 saturated carbocycles. The van der Waals surface area contributed by atoms with Crippen LogP contribution >= 0.6 is 0 Å². The van der Waals surface area contributed by atoms with Gasteiger partial charge in [-0.25, -0.2) is 0 Å². The molecule has 0 spiro atoms. The third kappa shape index (κ3) is 2.28. The summed E-state index contributed by atoms with van der Waals surface area (Å²) in [6, 6.07) is 7.81. The summed E-state index contributed by atoms with van der Waals surface area (Å²) in [5.74, 6) is -0.260. The Hall–Kier alpha value is -1.90. The van der Waals surface area contributed by atoms with Gasteiger partial charge in [0.2, 0.25) is 0 Å². The van der Waals surface area contributed by atoms with E-state index in [1.807, 2.05) is 30.5 Å². The van der Waals surface area contributed by atoms with Crippen molar-refractivity contribution in [1.29, 1.82) is 0 Å². The molecule has 1 aromatic heterocycles. The van der Waals surface area contributed by atoms with E-state index in [2.05, 4.69) is 4.98 Å². The molecule has 0 aliphatic rings. The van der Waals surface area contributed by atoms with E-state index >= 15 is 0 Å². The number of benzene rings is 1. The molecule has 2 aromatic rings. The highest BCUT2D eigenvalue weighted by Gasteiger charge is 2.21. The average molecular weight is 229 g/mol. The topological polar surface area (TPSA) is 49.9 Å². The highest BCUT2D eigenvalue weighted by molar-refractivity contribution is 5.95. The number of hydrogen-bond acceptors (Lipinski definition) is 2. The molecule has 0 unspecified atom stereocenters. The van der Waals surface area contributed by atoms with E-state index in [-0.39, 0.29) is 23.9 Å². The molecule has 1 N–H and O–H groups in total. The summed E-state index contributed by atoms with van der Waals surface area (Å²) < 4.78 is 0. The zero-order chi connectivity index (χ0) is 12.4. The van der Waals surface area contributed by atoms with Crippen LogP contribution in [-0.2, 0) is 9.59 Å².